The van der Waals surface area contributed by atoms with Crippen LogP contribution in [0.5, 0.6) is 0 Å². The highest BCUT2D eigenvalue weighted by Gasteiger charge is 2.52. The number of hydrogen-bond donors (Lipinski definition) is 20. The molecule has 0 aromatic heterocycles. The summed E-state index contributed by atoms with van der Waals surface area (Å²) in [6.07, 6.45) is -24.4. The fraction of sp³-hybridized carbons (Fsp3) is 1.00. The molecule has 0 amide bonds. The Hall–Kier alpha value is -1.04. The van der Waals surface area contributed by atoms with Crippen molar-refractivity contribution in [3.63, 3.8) is 0 Å². The fourth-order valence-electron chi connectivity index (χ4n) is 10.7. The Labute approximate surface area is 543 Å². The zero-order valence-corrected chi connectivity index (χ0v) is 59.5. The molecule has 6 fully saturated rings. The van der Waals surface area contributed by atoms with Gasteiger partial charge in [-0.05, 0) is 58.7 Å². The number of hydrogen-bond acceptors (Lipinski definition) is 26. The standard InChI is InChI=1S/3C10H20O5.2C10H20O4.C10H20O3.C5H12/c3*1-10(2,3)9-8(14)7(13)6(12)5(4-11)15-9;2*1-5-6(11)7(12)8(13)9(14-5)10(2,3)4;1-6-7(11)5-8(12)9(13-6)10(2,3)4;1-5(2,3)4/h3*5-9,11-14H,4H2,1-3H3;2*5-9,11-13H,1-4H3;6-9,11-12H,5H2,1-4H3;1-4H3/t5?,6-,7?,8+,9+;5?,6-,7?,8+,9-;5?,6-,7?,8-,9?;5?,6-,7?,8+,9-;5?,6-,7?,8-,9+;6?,7-,8+,9-;/m110101./s1. The molecule has 0 spiro atoms. The molecule has 0 bridgehead atoms. The molecule has 0 radical (unpaired) electrons. The molecule has 26 nitrogen and oxygen atoms in total. The van der Waals surface area contributed by atoms with Gasteiger partial charge in [-0.25, -0.2) is 0 Å². The van der Waals surface area contributed by atoms with Crippen LogP contribution in [0.3, 0.4) is 0 Å². The SMILES string of the molecule is CC(C)(C)C.CC(C)(C)C1OC(CO)[C@H](O)C(O)[C@@H]1O.CC(C)(C)[C@@H]1OC(CO)[C@@H](O)C(O)[C@@H]1O.CC(C)(C)[C@H]1OC(CO)[C@@H](O)C(O)[C@@H]1O.CC1O[C@@H](C(C)(C)C)[C@@H](O)C(O)[C@@H]1O.CC1O[C@@H](C(C)(C)C)[C@@H](O)C(O)[C@H]1O.CC1O[C@@H](C(C)(C)C)[C@@H](O)C[C@H]1O. The van der Waals surface area contributed by atoms with Gasteiger partial charge >= 0.3 is 0 Å². The lowest BCUT2D eigenvalue weighted by Gasteiger charge is -2.45. The molecule has 0 saturated carbocycles. The molecule has 0 aliphatic carbocycles. The summed E-state index contributed by atoms with van der Waals surface area (Å²) >= 11 is 0. The van der Waals surface area contributed by atoms with E-state index in [9.17, 15) is 86.8 Å². The van der Waals surface area contributed by atoms with Gasteiger partial charge in [-0.1, -0.05) is 152 Å². The molecule has 6 saturated heterocycles. The van der Waals surface area contributed by atoms with Crippen molar-refractivity contribution in [3.05, 3.63) is 0 Å². The molecule has 0 aromatic rings. The van der Waals surface area contributed by atoms with E-state index in [0.29, 0.717) is 11.8 Å². The van der Waals surface area contributed by atoms with E-state index in [-0.39, 0.29) is 64.5 Å². The van der Waals surface area contributed by atoms with Crippen molar-refractivity contribution >= 4 is 0 Å². The summed E-state index contributed by atoms with van der Waals surface area (Å²) in [7, 11) is 0. The summed E-state index contributed by atoms with van der Waals surface area (Å²) in [6, 6.07) is 0. The summed E-state index contributed by atoms with van der Waals surface area (Å²) < 4.78 is 32.7. The number of aliphatic hydroxyl groups excluding tert-OH is 20. The van der Waals surface area contributed by atoms with Crippen LogP contribution in [0.15, 0.2) is 0 Å². The van der Waals surface area contributed by atoms with Crippen LogP contribution in [0.4, 0.5) is 0 Å². The third-order valence-corrected chi connectivity index (χ3v) is 16.2. The van der Waals surface area contributed by atoms with Crippen LogP contribution in [-0.2, 0) is 28.4 Å². The quantitative estimate of drug-likeness (QED) is 0.168. The molecule has 548 valence electrons. The predicted molar refractivity (Wildman–Crippen MR) is 339 cm³/mol. The lowest BCUT2D eigenvalue weighted by molar-refractivity contribution is -0.250. The molecular weight excluding hydrogens is 1200 g/mol. The first-order chi connectivity index (χ1) is 40.7. The smallest absolute Gasteiger partial charge is 0.111 e. The topological polar surface area (TPSA) is 460 Å². The summed E-state index contributed by atoms with van der Waals surface area (Å²) in [6.45, 7) is 47.3. The van der Waals surface area contributed by atoms with Crippen molar-refractivity contribution in [1.82, 2.24) is 0 Å². The highest BCUT2D eigenvalue weighted by Crippen LogP contribution is 2.38. The second-order valence-corrected chi connectivity index (χ2v) is 33.5. The second kappa shape index (κ2) is 36.2. The lowest BCUT2D eigenvalue weighted by Crippen LogP contribution is -2.61. The van der Waals surface area contributed by atoms with E-state index in [0.717, 1.165) is 0 Å². The number of rotatable bonds is 3. The molecular formula is C65H132O26. The fourth-order valence-corrected chi connectivity index (χ4v) is 10.7. The van der Waals surface area contributed by atoms with Crippen molar-refractivity contribution in [2.24, 2.45) is 37.9 Å². The van der Waals surface area contributed by atoms with E-state index in [1.807, 2.05) is 132 Å². The average Bonchev–Trinajstić information content (AvgIpc) is 0.908. The van der Waals surface area contributed by atoms with E-state index < -0.39 is 165 Å². The van der Waals surface area contributed by atoms with Crippen molar-refractivity contribution in [2.75, 3.05) is 19.8 Å². The van der Waals surface area contributed by atoms with Gasteiger partial charge in [-0.3, -0.25) is 0 Å². The van der Waals surface area contributed by atoms with Crippen LogP contribution in [-0.4, -0.2) is 299 Å². The van der Waals surface area contributed by atoms with Crippen LogP contribution in [0.2, 0.25) is 0 Å². The Morgan fingerprint density at radius 2 is 0.407 bits per heavy atom. The molecule has 26 heteroatoms. The predicted octanol–water partition coefficient (Wildman–Crippen LogP) is -0.586. The minimum atomic E-state index is -1.28. The largest absolute Gasteiger partial charge is 0.394 e. The van der Waals surface area contributed by atoms with E-state index in [4.69, 9.17) is 43.7 Å². The number of aliphatic hydroxyl groups is 20. The highest BCUT2D eigenvalue weighted by atomic mass is 16.6. The van der Waals surface area contributed by atoms with E-state index in [1.54, 1.807) is 13.8 Å². The highest BCUT2D eigenvalue weighted by molar-refractivity contribution is 5.00. The van der Waals surface area contributed by atoms with Crippen LogP contribution in [0.25, 0.3) is 0 Å². The Morgan fingerprint density at radius 3 is 0.593 bits per heavy atom. The molecule has 12 unspecified atom stereocenters. The van der Waals surface area contributed by atoms with Gasteiger partial charge in [0, 0.05) is 6.42 Å². The van der Waals surface area contributed by atoms with Gasteiger partial charge in [0.15, 0.2) is 0 Å². The minimum absolute atomic E-state index is 0.0756. The summed E-state index contributed by atoms with van der Waals surface area (Å²) in [5.41, 5.74) is -1.19. The molecule has 6 aliphatic heterocycles. The molecule has 6 aliphatic rings. The van der Waals surface area contributed by atoms with Crippen molar-refractivity contribution in [2.45, 2.75) is 357 Å². The number of ether oxygens (including phenoxy) is 6. The Bertz CT molecular complexity index is 1830. The van der Waals surface area contributed by atoms with Crippen LogP contribution >= 0.6 is 0 Å². The molecule has 20 N–H and O–H groups in total. The van der Waals surface area contributed by atoms with E-state index in [1.165, 1.54) is 0 Å². The van der Waals surface area contributed by atoms with Gasteiger partial charge in [0.1, 0.15) is 110 Å². The Kier molecular flexibility index (Phi) is 35.7. The first-order valence-electron chi connectivity index (χ1n) is 32.0. The van der Waals surface area contributed by atoms with Crippen molar-refractivity contribution in [3.8, 4) is 0 Å². The van der Waals surface area contributed by atoms with Gasteiger partial charge in [0.05, 0.1) is 87.0 Å². The van der Waals surface area contributed by atoms with E-state index in [2.05, 4.69) is 27.7 Å². The van der Waals surface area contributed by atoms with Crippen molar-refractivity contribution < 1.29 is 131 Å². The Balaban J connectivity index is 0.00000105. The van der Waals surface area contributed by atoms with Gasteiger partial charge in [0.2, 0.25) is 0 Å². The molecule has 91 heavy (non-hydrogen) atoms. The first kappa shape index (κ1) is 90.0. The van der Waals surface area contributed by atoms with Crippen LogP contribution in [0, 0.1) is 37.9 Å². The van der Waals surface area contributed by atoms with Gasteiger partial charge in [0.25, 0.3) is 0 Å². The third-order valence-electron chi connectivity index (χ3n) is 16.2. The van der Waals surface area contributed by atoms with Crippen molar-refractivity contribution in [1.29, 1.82) is 0 Å². The maximum absolute atomic E-state index is 9.74. The van der Waals surface area contributed by atoms with Gasteiger partial charge in [-0.2, -0.15) is 0 Å². The second-order valence-electron chi connectivity index (χ2n) is 33.5. The van der Waals surface area contributed by atoms with Gasteiger partial charge in [-0.15, -0.1) is 0 Å². The monoisotopic (exact) mass is 1330 g/mol. The zero-order chi connectivity index (χ0) is 72.3. The molecule has 29 atom stereocenters. The van der Waals surface area contributed by atoms with Crippen LogP contribution < -0.4 is 0 Å². The summed E-state index contributed by atoms with van der Waals surface area (Å²) in [5, 5.41) is 190. The van der Waals surface area contributed by atoms with E-state index >= 15 is 0 Å². The zero-order valence-electron chi connectivity index (χ0n) is 59.5. The van der Waals surface area contributed by atoms with Gasteiger partial charge < -0.3 is 131 Å². The maximum atomic E-state index is 9.74. The maximum Gasteiger partial charge on any atom is 0.111 e. The molecule has 6 heterocycles. The average molecular weight is 1330 g/mol. The minimum Gasteiger partial charge on any atom is -0.394 e. The Morgan fingerprint density at radius 1 is 0.231 bits per heavy atom. The first-order valence-corrected chi connectivity index (χ1v) is 32.0. The summed E-state index contributed by atoms with van der Waals surface area (Å²) in [4.78, 5) is 0. The normalized spacial score (nSPS) is 41.8. The molecule has 0 aromatic carbocycles. The lowest BCUT2D eigenvalue weighted by atomic mass is 9.80. The summed E-state index contributed by atoms with van der Waals surface area (Å²) in [5.74, 6) is 0. The third kappa shape index (κ3) is 27.3. The van der Waals surface area contributed by atoms with Crippen LogP contribution in [0.1, 0.15) is 180 Å². The molecule has 6 rings (SSSR count).